The molecule has 0 radical (unpaired) electrons. The van der Waals surface area contributed by atoms with Crippen LogP contribution in [-0.4, -0.2) is 38.4 Å². The van der Waals surface area contributed by atoms with Crippen LogP contribution in [0.15, 0.2) is 11.0 Å². The van der Waals surface area contributed by atoms with Gasteiger partial charge in [-0.15, -0.1) is 0 Å². The quantitative estimate of drug-likeness (QED) is 0.935. The van der Waals surface area contributed by atoms with Gasteiger partial charge in [-0.25, -0.2) is 9.78 Å². The summed E-state index contributed by atoms with van der Waals surface area (Å²) in [5.74, 6) is 0.588. The van der Waals surface area contributed by atoms with Crippen molar-refractivity contribution in [3.05, 3.63) is 16.7 Å². The smallest absolute Gasteiger partial charge is 0.330 e. The topological polar surface area (TPSA) is 74.0 Å². The lowest BCUT2D eigenvalue weighted by Crippen LogP contribution is -2.30. The van der Waals surface area contributed by atoms with Crippen LogP contribution in [-0.2, 0) is 11.8 Å². The molecule has 7 nitrogen and oxygen atoms in total. The lowest BCUT2D eigenvalue weighted by atomic mass is 10.1. The summed E-state index contributed by atoms with van der Waals surface area (Å²) in [6.45, 7) is 1.52. The number of aryl methyl sites for hydroxylation is 1. The highest BCUT2D eigenvalue weighted by Gasteiger charge is 2.24. The number of nitrogens with one attached hydrogen (secondary N) is 1. The van der Waals surface area contributed by atoms with Crippen LogP contribution in [0.1, 0.15) is 44.6 Å². The monoisotopic (exact) mass is 317 g/mol. The maximum absolute atomic E-state index is 12.6. The van der Waals surface area contributed by atoms with Gasteiger partial charge in [0.25, 0.3) is 0 Å². The van der Waals surface area contributed by atoms with Crippen LogP contribution >= 0.6 is 0 Å². The Labute approximate surface area is 134 Å². The standard InChI is InChI=1S/C16H23N5O2/c1-20-13-9-17-15(18-11-5-4-8-23-10-11)19-14(13)21(16(20)22)12-6-2-3-7-12/h9,11-12H,2-8,10H2,1H3,(H,17,18,19). The van der Waals surface area contributed by atoms with E-state index in [1.807, 2.05) is 4.57 Å². The summed E-state index contributed by atoms with van der Waals surface area (Å²) in [6, 6.07) is 0.517. The number of rotatable bonds is 3. The molecule has 1 atom stereocenters. The van der Waals surface area contributed by atoms with E-state index in [2.05, 4.69) is 15.3 Å². The van der Waals surface area contributed by atoms with Gasteiger partial charge in [0.1, 0.15) is 5.52 Å². The second kappa shape index (κ2) is 5.96. The predicted octanol–water partition coefficient (Wildman–Crippen LogP) is 1.84. The van der Waals surface area contributed by atoms with E-state index in [9.17, 15) is 4.79 Å². The molecule has 4 rings (SSSR count). The summed E-state index contributed by atoms with van der Waals surface area (Å²) in [4.78, 5) is 21.6. The number of fused-ring (bicyclic) bond motifs is 1. The maximum Gasteiger partial charge on any atom is 0.330 e. The molecule has 124 valence electrons. The first kappa shape index (κ1) is 14.7. The molecule has 1 N–H and O–H groups in total. The molecule has 1 aliphatic heterocycles. The lowest BCUT2D eigenvalue weighted by Gasteiger charge is -2.23. The van der Waals surface area contributed by atoms with Gasteiger partial charge in [-0.1, -0.05) is 12.8 Å². The molecule has 3 heterocycles. The van der Waals surface area contributed by atoms with Crippen LogP contribution in [0.3, 0.4) is 0 Å². The Morgan fingerprint density at radius 3 is 2.83 bits per heavy atom. The van der Waals surface area contributed by atoms with Crippen LogP contribution in [0.5, 0.6) is 0 Å². The van der Waals surface area contributed by atoms with Crippen molar-refractivity contribution in [3.8, 4) is 0 Å². The minimum atomic E-state index is 0.0133. The second-order valence-corrected chi connectivity index (χ2v) is 6.61. The summed E-state index contributed by atoms with van der Waals surface area (Å²) in [5.41, 5.74) is 1.56. The Balaban J connectivity index is 1.71. The molecule has 7 heteroatoms. The fourth-order valence-electron chi connectivity index (χ4n) is 3.73. The zero-order chi connectivity index (χ0) is 15.8. The number of ether oxygens (including phenoxy) is 1. The van der Waals surface area contributed by atoms with Gasteiger partial charge in [0, 0.05) is 19.7 Å². The number of imidazole rings is 1. The molecule has 0 bridgehead atoms. The van der Waals surface area contributed by atoms with Gasteiger partial charge < -0.3 is 10.1 Å². The summed E-state index contributed by atoms with van der Waals surface area (Å²) in [5, 5.41) is 3.35. The van der Waals surface area contributed by atoms with Gasteiger partial charge in [0.15, 0.2) is 5.65 Å². The molecule has 2 aromatic heterocycles. The number of hydrogen-bond acceptors (Lipinski definition) is 5. The van der Waals surface area contributed by atoms with E-state index in [1.165, 1.54) is 12.8 Å². The predicted molar refractivity (Wildman–Crippen MR) is 87.7 cm³/mol. The SMILES string of the molecule is Cn1c(=O)n(C2CCCC2)c2nc(NC3CCCOC3)ncc21. The van der Waals surface area contributed by atoms with E-state index < -0.39 is 0 Å². The van der Waals surface area contributed by atoms with Crippen molar-refractivity contribution in [2.24, 2.45) is 7.05 Å². The minimum absolute atomic E-state index is 0.0133. The summed E-state index contributed by atoms with van der Waals surface area (Å²) < 4.78 is 9.01. The first-order valence-electron chi connectivity index (χ1n) is 8.52. The zero-order valence-electron chi connectivity index (χ0n) is 13.5. The fourth-order valence-corrected chi connectivity index (χ4v) is 3.73. The third-order valence-corrected chi connectivity index (χ3v) is 5.02. The molecule has 1 unspecified atom stereocenters. The Morgan fingerprint density at radius 2 is 2.09 bits per heavy atom. The molecule has 2 aliphatic rings. The highest BCUT2D eigenvalue weighted by atomic mass is 16.5. The zero-order valence-corrected chi connectivity index (χ0v) is 13.5. The van der Waals surface area contributed by atoms with Gasteiger partial charge >= 0.3 is 5.69 Å². The normalized spacial score (nSPS) is 22.7. The maximum atomic E-state index is 12.6. The van der Waals surface area contributed by atoms with Crippen molar-refractivity contribution in [2.75, 3.05) is 18.5 Å². The van der Waals surface area contributed by atoms with Crippen LogP contribution in [0, 0.1) is 0 Å². The van der Waals surface area contributed by atoms with Crippen molar-refractivity contribution in [2.45, 2.75) is 50.6 Å². The highest BCUT2D eigenvalue weighted by molar-refractivity contribution is 5.72. The van der Waals surface area contributed by atoms with Crippen LogP contribution in [0.4, 0.5) is 5.95 Å². The van der Waals surface area contributed by atoms with E-state index in [1.54, 1.807) is 17.8 Å². The molecule has 1 aliphatic carbocycles. The molecule has 1 saturated carbocycles. The molecule has 2 fully saturated rings. The minimum Gasteiger partial charge on any atom is -0.379 e. The Bertz CT molecular complexity index is 754. The second-order valence-electron chi connectivity index (χ2n) is 6.61. The van der Waals surface area contributed by atoms with Gasteiger partial charge in [0.05, 0.1) is 18.8 Å². The average molecular weight is 317 g/mol. The van der Waals surface area contributed by atoms with Gasteiger partial charge in [0.2, 0.25) is 5.95 Å². The molecule has 23 heavy (non-hydrogen) atoms. The summed E-state index contributed by atoms with van der Waals surface area (Å²) in [7, 11) is 1.79. The van der Waals surface area contributed by atoms with Crippen LogP contribution in [0.25, 0.3) is 11.2 Å². The molecule has 0 spiro atoms. The Kier molecular flexibility index (Phi) is 3.80. The van der Waals surface area contributed by atoms with Gasteiger partial charge in [-0.2, -0.15) is 4.98 Å². The average Bonchev–Trinajstić information content (AvgIpc) is 3.17. The molecular weight excluding hydrogens is 294 g/mol. The third-order valence-electron chi connectivity index (χ3n) is 5.02. The Morgan fingerprint density at radius 1 is 1.26 bits per heavy atom. The van der Waals surface area contributed by atoms with E-state index >= 15 is 0 Å². The highest BCUT2D eigenvalue weighted by Crippen LogP contribution is 2.30. The largest absolute Gasteiger partial charge is 0.379 e. The van der Waals surface area contributed by atoms with Gasteiger partial charge in [-0.05, 0) is 25.7 Å². The third kappa shape index (κ3) is 2.63. The van der Waals surface area contributed by atoms with Gasteiger partial charge in [-0.3, -0.25) is 9.13 Å². The molecular formula is C16H23N5O2. The number of anilines is 1. The fraction of sp³-hybridized carbons (Fsp3) is 0.688. The van der Waals surface area contributed by atoms with E-state index in [4.69, 9.17) is 4.74 Å². The van der Waals surface area contributed by atoms with Crippen molar-refractivity contribution in [1.29, 1.82) is 0 Å². The van der Waals surface area contributed by atoms with E-state index in [0.717, 1.165) is 43.5 Å². The van der Waals surface area contributed by atoms with Crippen molar-refractivity contribution in [1.82, 2.24) is 19.1 Å². The number of hydrogen-bond donors (Lipinski definition) is 1. The van der Waals surface area contributed by atoms with Crippen LogP contribution < -0.4 is 11.0 Å². The van der Waals surface area contributed by atoms with Crippen molar-refractivity contribution < 1.29 is 4.74 Å². The van der Waals surface area contributed by atoms with E-state index in [-0.39, 0.29) is 17.8 Å². The molecule has 1 saturated heterocycles. The first-order chi connectivity index (χ1) is 11.2. The number of nitrogens with zero attached hydrogens (tertiary/aromatic N) is 4. The lowest BCUT2D eigenvalue weighted by molar-refractivity contribution is 0.0874. The molecule has 0 aromatic carbocycles. The van der Waals surface area contributed by atoms with Crippen molar-refractivity contribution >= 4 is 17.1 Å². The van der Waals surface area contributed by atoms with E-state index in [0.29, 0.717) is 12.6 Å². The summed E-state index contributed by atoms with van der Waals surface area (Å²) in [6.07, 6.45) is 8.35. The Hall–Kier alpha value is -1.89. The molecule has 2 aromatic rings. The summed E-state index contributed by atoms with van der Waals surface area (Å²) >= 11 is 0. The molecule has 0 amide bonds. The van der Waals surface area contributed by atoms with Crippen LogP contribution in [0.2, 0.25) is 0 Å². The number of aromatic nitrogens is 4. The first-order valence-corrected chi connectivity index (χ1v) is 8.52. The van der Waals surface area contributed by atoms with Crippen molar-refractivity contribution in [3.63, 3.8) is 0 Å².